The summed E-state index contributed by atoms with van der Waals surface area (Å²) < 4.78 is 10.8. The molecule has 128 valence electrons. The smallest absolute Gasteiger partial charge is 0.270 e. The molecule has 10 heteroatoms. The molecule has 9 nitrogen and oxygen atoms in total. The van der Waals surface area contributed by atoms with Gasteiger partial charge in [-0.15, -0.1) is 5.10 Å². The van der Waals surface area contributed by atoms with E-state index in [9.17, 15) is 9.59 Å². The summed E-state index contributed by atoms with van der Waals surface area (Å²) in [6, 6.07) is 3.57. The van der Waals surface area contributed by atoms with E-state index in [1.54, 1.807) is 26.3 Å². The van der Waals surface area contributed by atoms with E-state index in [-0.39, 0.29) is 24.2 Å². The molecule has 0 spiro atoms. The number of hydrogen-bond donors (Lipinski definition) is 2. The number of anilines is 2. The number of nitrogens with one attached hydrogen (secondary N) is 2. The first-order valence-corrected chi connectivity index (χ1v) is 8.32. The van der Waals surface area contributed by atoms with Crippen LogP contribution in [0.5, 0.6) is 0 Å². The van der Waals surface area contributed by atoms with Gasteiger partial charge in [0.1, 0.15) is 16.5 Å². The van der Waals surface area contributed by atoms with Crippen molar-refractivity contribution in [3.8, 4) is 0 Å². The Hall–Kier alpha value is -3.01. The Labute approximate surface area is 146 Å². The van der Waals surface area contributed by atoms with Crippen LogP contribution in [0.1, 0.15) is 39.0 Å². The van der Waals surface area contributed by atoms with Crippen LogP contribution in [-0.2, 0) is 11.8 Å². The molecule has 4 heterocycles. The van der Waals surface area contributed by atoms with Crippen LogP contribution >= 0.6 is 11.5 Å². The summed E-state index contributed by atoms with van der Waals surface area (Å²) in [7, 11) is 1.71. The molecule has 4 rings (SSSR count). The molecule has 2 N–H and O–H groups in total. The minimum Gasteiger partial charge on any atom is -0.469 e. The van der Waals surface area contributed by atoms with E-state index >= 15 is 0 Å². The van der Waals surface area contributed by atoms with E-state index in [0.717, 1.165) is 17.1 Å². The van der Waals surface area contributed by atoms with Crippen molar-refractivity contribution >= 4 is 35.0 Å². The standard InChI is InChI=1S/C15H14N6O3S/c1-7-12(25-20-18-7)15(23)17-13-11-8(9-4-3-5-24-9)6-10(22)16-14(11)21(2)19-13/h3-5,8H,6H2,1-2H3,(H,16,22)(H,17,19,23). The number of aromatic nitrogens is 4. The van der Waals surface area contributed by atoms with Crippen molar-refractivity contribution in [1.29, 1.82) is 0 Å². The number of hydrogen-bond acceptors (Lipinski definition) is 7. The number of nitrogens with zero attached hydrogens (tertiary/aromatic N) is 4. The van der Waals surface area contributed by atoms with Crippen molar-refractivity contribution < 1.29 is 14.0 Å². The topological polar surface area (TPSA) is 115 Å². The second kappa shape index (κ2) is 5.81. The highest BCUT2D eigenvalue weighted by atomic mass is 32.1. The van der Waals surface area contributed by atoms with Gasteiger partial charge in [0.05, 0.1) is 23.4 Å². The molecule has 3 aromatic heterocycles. The second-order valence-electron chi connectivity index (χ2n) is 5.70. The zero-order valence-corrected chi connectivity index (χ0v) is 14.3. The van der Waals surface area contributed by atoms with Crippen LogP contribution in [0.25, 0.3) is 0 Å². The van der Waals surface area contributed by atoms with Gasteiger partial charge in [-0.3, -0.25) is 14.3 Å². The van der Waals surface area contributed by atoms with Crippen LogP contribution < -0.4 is 10.6 Å². The molecule has 1 atom stereocenters. The maximum absolute atomic E-state index is 12.5. The summed E-state index contributed by atoms with van der Waals surface area (Å²) in [5.74, 6) is 0.809. The fourth-order valence-electron chi connectivity index (χ4n) is 2.92. The van der Waals surface area contributed by atoms with Crippen molar-refractivity contribution in [2.45, 2.75) is 19.3 Å². The Kier molecular flexibility index (Phi) is 3.61. The summed E-state index contributed by atoms with van der Waals surface area (Å²) in [5.41, 5.74) is 1.28. The maximum atomic E-state index is 12.5. The van der Waals surface area contributed by atoms with Gasteiger partial charge in [-0.05, 0) is 30.6 Å². The van der Waals surface area contributed by atoms with Gasteiger partial charge < -0.3 is 15.1 Å². The van der Waals surface area contributed by atoms with Gasteiger partial charge in [0.2, 0.25) is 5.91 Å². The lowest BCUT2D eigenvalue weighted by Crippen LogP contribution is -2.25. The van der Waals surface area contributed by atoms with Gasteiger partial charge in [-0.25, -0.2) is 0 Å². The first kappa shape index (κ1) is 15.5. The van der Waals surface area contributed by atoms with E-state index in [4.69, 9.17) is 4.42 Å². The van der Waals surface area contributed by atoms with Crippen LogP contribution in [0.4, 0.5) is 11.6 Å². The van der Waals surface area contributed by atoms with Gasteiger partial charge in [-0.1, -0.05) is 4.49 Å². The number of carbonyl (C=O) groups is 2. The predicted molar refractivity (Wildman–Crippen MR) is 89.6 cm³/mol. The molecule has 1 aliphatic heterocycles. The lowest BCUT2D eigenvalue weighted by molar-refractivity contribution is -0.116. The van der Waals surface area contributed by atoms with Crippen LogP contribution in [0.3, 0.4) is 0 Å². The molecule has 0 aliphatic carbocycles. The molecule has 0 saturated carbocycles. The monoisotopic (exact) mass is 358 g/mol. The molecular weight excluding hydrogens is 344 g/mol. The zero-order valence-electron chi connectivity index (χ0n) is 13.4. The highest BCUT2D eigenvalue weighted by Crippen LogP contribution is 2.41. The summed E-state index contributed by atoms with van der Waals surface area (Å²) in [6.45, 7) is 1.72. The van der Waals surface area contributed by atoms with Gasteiger partial charge in [0, 0.05) is 13.5 Å². The SMILES string of the molecule is Cc1nnsc1C(=O)Nc1nn(C)c2c1C(c1ccco1)CC(=O)N2. The molecule has 2 amide bonds. The molecule has 25 heavy (non-hydrogen) atoms. The minimum atomic E-state index is -0.330. The Morgan fingerprint density at radius 1 is 1.52 bits per heavy atom. The molecule has 0 aromatic carbocycles. The highest BCUT2D eigenvalue weighted by molar-refractivity contribution is 7.08. The molecule has 0 radical (unpaired) electrons. The van der Waals surface area contributed by atoms with E-state index in [1.807, 2.05) is 6.07 Å². The van der Waals surface area contributed by atoms with Crippen molar-refractivity contribution in [2.24, 2.45) is 7.05 Å². The summed E-state index contributed by atoms with van der Waals surface area (Å²) in [4.78, 5) is 25.0. The fraction of sp³-hybridized carbons (Fsp3) is 0.267. The van der Waals surface area contributed by atoms with Gasteiger partial charge >= 0.3 is 0 Å². The summed E-state index contributed by atoms with van der Waals surface area (Å²) in [5, 5.41) is 13.8. The second-order valence-corrected chi connectivity index (χ2v) is 6.45. The maximum Gasteiger partial charge on any atom is 0.270 e. The van der Waals surface area contributed by atoms with Crippen molar-refractivity contribution in [1.82, 2.24) is 19.4 Å². The Morgan fingerprint density at radius 3 is 3.04 bits per heavy atom. The first-order chi connectivity index (χ1) is 12.0. The first-order valence-electron chi connectivity index (χ1n) is 7.55. The third kappa shape index (κ3) is 2.60. The molecule has 0 fully saturated rings. The molecule has 3 aromatic rings. The fourth-order valence-corrected chi connectivity index (χ4v) is 3.47. The van der Waals surface area contributed by atoms with E-state index < -0.39 is 0 Å². The third-order valence-corrected chi connectivity index (χ3v) is 4.88. The van der Waals surface area contributed by atoms with Crippen molar-refractivity contribution in [3.63, 3.8) is 0 Å². The number of rotatable bonds is 3. The van der Waals surface area contributed by atoms with E-state index in [0.29, 0.717) is 28.0 Å². The molecule has 1 unspecified atom stereocenters. The molecular formula is C15H14N6O3S. The molecule has 0 saturated heterocycles. The quantitative estimate of drug-likeness (QED) is 0.739. The number of carbonyl (C=O) groups excluding carboxylic acids is 2. The van der Waals surface area contributed by atoms with E-state index in [2.05, 4.69) is 25.3 Å². The summed E-state index contributed by atoms with van der Waals surface area (Å²) in [6.07, 6.45) is 1.78. The van der Waals surface area contributed by atoms with Gasteiger partial charge in [-0.2, -0.15) is 5.10 Å². The highest BCUT2D eigenvalue weighted by Gasteiger charge is 2.35. The lowest BCUT2D eigenvalue weighted by atomic mass is 9.91. The number of aryl methyl sites for hydroxylation is 2. The average molecular weight is 358 g/mol. The van der Waals surface area contributed by atoms with Crippen molar-refractivity contribution in [3.05, 3.63) is 40.3 Å². The normalized spacial score (nSPS) is 16.4. The molecule has 0 bridgehead atoms. The molecule has 1 aliphatic rings. The average Bonchev–Trinajstić information content (AvgIpc) is 3.29. The lowest BCUT2D eigenvalue weighted by Gasteiger charge is -2.22. The zero-order chi connectivity index (χ0) is 17.6. The van der Waals surface area contributed by atoms with Gasteiger partial charge in [0.25, 0.3) is 5.91 Å². The van der Waals surface area contributed by atoms with Gasteiger partial charge in [0.15, 0.2) is 5.82 Å². The largest absolute Gasteiger partial charge is 0.469 e. The Bertz CT molecular complexity index is 958. The number of furan rings is 1. The van der Waals surface area contributed by atoms with Crippen molar-refractivity contribution in [2.75, 3.05) is 10.6 Å². The Morgan fingerprint density at radius 2 is 2.36 bits per heavy atom. The third-order valence-electron chi connectivity index (χ3n) is 4.06. The van der Waals surface area contributed by atoms with Crippen LogP contribution in [0.2, 0.25) is 0 Å². The Balaban J connectivity index is 1.75. The van der Waals surface area contributed by atoms with Crippen LogP contribution in [0, 0.1) is 6.92 Å². The number of fused-ring (bicyclic) bond motifs is 1. The summed E-state index contributed by atoms with van der Waals surface area (Å²) >= 11 is 1.02. The van der Waals surface area contributed by atoms with Crippen LogP contribution in [0.15, 0.2) is 22.8 Å². The predicted octanol–water partition coefficient (Wildman–Crippen LogP) is 1.90. The van der Waals surface area contributed by atoms with Crippen LogP contribution in [-0.4, -0.2) is 31.2 Å². The van der Waals surface area contributed by atoms with E-state index in [1.165, 1.54) is 4.68 Å². The number of amides is 2. The minimum absolute atomic E-state index is 0.128.